The summed E-state index contributed by atoms with van der Waals surface area (Å²) >= 11 is 0. The number of hydrogen-bond acceptors (Lipinski definition) is 4. The van der Waals surface area contributed by atoms with Gasteiger partial charge in [0, 0.05) is 7.05 Å². The molecule has 0 saturated carbocycles. The molecule has 20 heavy (non-hydrogen) atoms. The van der Waals surface area contributed by atoms with E-state index in [0.717, 1.165) is 25.1 Å². The Hall–Kier alpha value is -2.51. The van der Waals surface area contributed by atoms with Crippen LogP contribution in [0, 0.1) is 11.6 Å². The van der Waals surface area contributed by atoms with E-state index < -0.39 is 41.2 Å². The van der Waals surface area contributed by atoms with E-state index in [2.05, 4.69) is 10.1 Å². The van der Waals surface area contributed by atoms with E-state index in [9.17, 15) is 23.2 Å². The second-order valence-electron chi connectivity index (χ2n) is 3.71. The molecule has 1 atom stereocenters. The molecule has 0 aliphatic heterocycles. The summed E-state index contributed by atoms with van der Waals surface area (Å²) in [7, 11) is 1.29. The van der Waals surface area contributed by atoms with Gasteiger partial charge in [0.2, 0.25) is 0 Å². The third-order valence-corrected chi connectivity index (χ3v) is 2.28. The van der Waals surface area contributed by atoms with Crippen molar-refractivity contribution in [2.75, 3.05) is 7.05 Å². The lowest BCUT2D eigenvalue weighted by Crippen LogP contribution is -2.43. The predicted molar refractivity (Wildman–Crippen MR) is 63.8 cm³/mol. The molecule has 108 valence electrons. The number of rotatable bonds is 3. The lowest BCUT2D eigenvalue weighted by atomic mass is 10.2. The van der Waals surface area contributed by atoms with Crippen molar-refractivity contribution in [1.29, 1.82) is 0 Å². The molecule has 8 heteroatoms. The molecule has 3 amide bonds. The van der Waals surface area contributed by atoms with E-state index in [-0.39, 0.29) is 0 Å². The van der Waals surface area contributed by atoms with Crippen LogP contribution in [0.5, 0.6) is 0 Å². The molecule has 0 spiro atoms. The molecule has 0 unspecified atom stereocenters. The quantitative estimate of drug-likeness (QED) is 0.811. The fourth-order valence-corrected chi connectivity index (χ4v) is 1.24. The molecule has 0 fully saturated rings. The standard InChI is InChI=1S/C12H12F2N2O4/c1-6(10(17)16-12(19)15-2)20-11(18)9-7(13)4-3-5-8(9)14/h3-6H,1-2H3,(H2,15,16,17,19)/t6-/m1/s1. The number of urea groups is 1. The summed E-state index contributed by atoms with van der Waals surface area (Å²) in [6.45, 7) is 1.16. The van der Waals surface area contributed by atoms with Gasteiger partial charge in [-0.25, -0.2) is 18.4 Å². The third-order valence-electron chi connectivity index (χ3n) is 2.28. The summed E-state index contributed by atoms with van der Waals surface area (Å²) in [6.07, 6.45) is -1.39. The van der Waals surface area contributed by atoms with E-state index in [0.29, 0.717) is 0 Å². The van der Waals surface area contributed by atoms with Crippen LogP contribution in [-0.4, -0.2) is 31.1 Å². The average molecular weight is 286 g/mol. The maximum absolute atomic E-state index is 13.3. The number of carbonyl (C=O) groups excluding carboxylic acids is 3. The van der Waals surface area contributed by atoms with Gasteiger partial charge in [-0.1, -0.05) is 6.07 Å². The first-order valence-corrected chi connectivity index (χ1v) is 5.54. The molecule has 0 heterocycles. The van der Waals surface area contributed by atoms with E-state index in [1.54, 1.807) is 0 Å². The van der Waals surface area contributed by atoms with Crippen LogP contribution in [0.25, 0.3) is 0 Å². The van der Waals surface area contributed by atoms with Gasteiger partial charge in [0.25, 0.3) is 5.91 Å². The fraction of sp³-hybridized carbons (Fsp3) is 0.250. The van der Waals surface area contributed by atoms with Crippen molar-refractivity contribution in [3.63, 3.8) is 0 Å². The van der Waals surface area contributed by atoms with Crippen molar-refractivity contribution in [2.45, 2.75) is 13.0 Å². The summed E-state index contributed by atoms with van der Waals surface area (Å²) < 4.78 is 31.2. The smallest absolute Gasteiger partial charge is 0.344 e. The topological polar surface area (TPSA) is 84.5 Å². The highest BCUT2D eigenvalue weighted by molar-refractivity contribution is 5.98. The Morgan fingerprint density at radius 3 is 2.25 bits per heavy atom. The molecule has 6 nitrogen and oxygen atoms in total. The largest absolute Gasteiger partial charge is 0.449 e. The van der Waals surface area contributed by atoms with Gasteiger partial charge in [-0.15, -0.1) is 0 Å². The number of nitrogens with one attached hydrogen (secondary N) is 2. The van der Waals surface area contributed by atoms with Crippen LogP contribution >= 0.6 is 0 Å². The maximum atomic E-state index is 13.3. The Labute approximate surface area is 113 Å². The zero-order chi connectivity index (χ0) is 15.3. The van der Waals surface area contributed by atoms with E-state index in [1.165, 1.54) is 7.05 Å². The Morgan fingerprint density at radius 2 is 1.75 bits per heavy atom. The minimum Gasteiger partial charge on any atom is -0.449 e. The Bertz CT molecular complexity index is 528. The second kappa shape index (κ2) is 6.60. The molecule has 0 bridgehead atoms. The van der Waals surface area contributed by atoms with Gasteiger partial charge in [-0.05, 0) is 19.1 Å². The van der Waals surface area contributed by atoms with Crippen LogP contribution in [-0.2, 0) is 9.53 Å². The number of hydrogen-bond donors (Lipinski definition) is 2. The van der Waals surface area contributed by atoms with Crippen molar-refractivity contribution in [2.24, 2.45) is 0 Å². The third kappa shape index (κ3) is 3.74. The summed E-state index contributed by atoms with van der Waals surface area (Å²) in [5, 5.41) is 3.98. The van der Waals surface area contributed by atoms with Gasteiger partial charge in [0.05, 0.1) is 0 Å². The second-order valence-corrected chi connectivity index (χ2v) is 3.71. The van der Waals surface area contributed by atoms with Crippen molar-refractivity contribution in [3.8, 4) is 0 Å². The van der Waals surface area contributed by atoms with Crippen LogP contribution < -0.4 is 10.6 Å². The molecular weight excluding hydrogens is 274 g/mol. The fourth-order valence-electron chi connectivity index (χ4n) is 1.24. The lowest BCUT2D eigenvalue weighted by molar-refractivity contribution is -0.127. The first-order valence-electron chi connectivity index (χ1n) is 5.54. The van der Waals surface area contributed by atoms with Crippen LogP contribution in [0.15, 0.2) is 18.2 Å². The van der Waals surface area contributed by atoms with Crippen molar-refractivity contribution < 1.29 is 27.9 Å². The van der Waals surface area contributed by atoms with Crippen LogP contribution in [0.1, 0.15) is 17.3 Å². The van der Waals surface area contributed by atoms with E-state index in [1.807, 2.05) is 5.32 Å². The van der Waals surface area contributed by atoms with Gasteiger partial charge >= 0.3 is 12.0 Å². The first-order chi connectivity index (χ1) is 9.36. The number of esters is 1. The number of carbonyl (C=O) groups is 3. The van der Waals surface area contributed by atoms with Crippen LogP contribution in [0.4, 0.5) is 13.6 Å². The lowest BCUT2D eigenvalue weighted by Gasteiger charge is -2.13. The molecule has 0 aliphatic carbocycles. The minimum atomic E-state index is -1.39. The zero-order valence-electron chi connectivity index (χ0n) is 10.7. The number of imide groups is 1. The number of amides is 3. The highest BCUT2D eigenvalue weighted by atomic mass is 19.1. The van der Waals surface area contributed by atoms with Crippen molar-refractivity contribution in [3.05, 3.63) is 35.4 Å². The Morgan fingerprint density at radius 1 is 1.20 bits per heavy atom. The molecule has 1 aromatic carbocycles. The number of ether oxygens (including phenoxy) is 1. The van der Waals surface area contributed by atoms with Gasteiger partial charge in [-0.2, -0.15) is 0 Å². The Balaban J connectivity index is 2.75. The SMILES string of the molecule is CNC(=O)NC(=O)[C@@H](C)OC(=O)c1c(F)cccc1F. The molecule has 0 aromatic heterocycles. The van der Waals surface area contributed by atoms with E-state index >= 15 is 0 Å². The van der Waals surface area contributed by atoms with Gasteiger partial charge in [0.1, 0.15) is 17.2 Å². The maximum Gasteiger partial charge on any atom is 0.344 e. The molecule has 1 rings (SSSR count). The van der Waals surface area contributed by atoms with E-state index in [4.69, 9.17) is 0 Å². The normalized spacial score (nSPS) is 11.4. The van der Waals surface area contributed by atoms with Crippen LogP contribution in [0.2, 0.25) is 0 Å². The molecule has 0 aliphatic rings. The summed E-state index contributed by atoms with van der Waals surface area (Å²) in [4.78, 5) is 33.9. The molecule has 0 radical (unpaired) electrons. The Kier molecular flexibility index (Phi) is 5.13. The minimum absolute atomic E-state index is 0.796. The van der Waals surface area contributed by atoms with Gasteiger partial charge in [0.15, 0.2) is 6.10 Å². The van der Waals surface area contributed by atoms with Crippen molar-refractivity contribution in [1.82, 2.24) is 10.6 Å². The molecule has 2 N–H and O–H groups in total. The molecule has 0 saturated heterocycles. The zero-order valence-corrected chi connectivity index (χ0v) is 10.7. The predicted octanol–water partition coefficient (Wildman–Crippen LogP) is 0.966. The van der Waals surface area contributed by atoms with Gasteiger partial charge in [-0.3, -0.25) is 10.1 Å². The first kappa shape index (κ1) is 15.5. The average Bonchev–Trinajstić information content (AvgIpc) is 2.38. The highest BCUT2D eigenvalue weighted by Gasteiger charge is 2.24. The summed E-state index contributed by atoms with van der Waals surface area (Å²) in [5.74, 6) is -4.46. The van der Waals surface area contributed by atoms with Crippen LogP contribution in [0.3, 0.4) is 0 Å². The van der Waals surface area contributed by atoms with Gasteiger partial charge < -0.3 is 10.1 Å². The summed E-state index contributed by atoms with van der Waals surface area (Å²) in [5.41, 5.74) is -0.896. The monoisotopic (exact) mass is 286 g/mol. The summed E-state index contributed by atoms with van der Waals surface area (Å²) in [6, 6.07) is 2.06. The highest BCUT2D eigenvalue weighted by Crippen LogP contribution is 2.14. The molecule has 1 aromatic rings. The van der Waals surface area contributed by atoms with Crippen molar-refractivity contribution >= 4 is 17.9 Å². The molecular formula is C12H12F2N2O4. The number of benzene rings is 1. The number of halogens is 2.